The van der Waals surface area contributed by atoms with E-state index in [0.717, 1.165) is 22.6 Å². The molecular weight excluding hydrogens is 292 g/mol. The van der Waals surface area contributed by atoms with Gasteiger partial charge < -0.3 is 14.8 Å². The van der Waals surface area contributed by atoms with Gasteiger partial charge in [-0.25, -0.2) is 4.98 Å². The number of nitrogens with zero attached hydrogens (tertiary/aromatic N) is 1. The predicted molar refractivity (Wildman–Crippen MR) is 90.2 cm³/mol. The smallest absolute Gasteiger partial charge is 0.226 e. The van der Waals surface area contributed by atoms with Gasteiger partial charge >= 0.3 is 0 Å². The fraction of sp³-hybridized carbons (Fsp3) is 0.333. The molecule has 1 atom stereocenters. The van der Waals surface area contributed by atoms with Crippen LogP contribution in [0.5, 0.6) is 11.5 Å². The summed E-state index contributed by atoms with van der Waals surface area (Å²) in [6.45, 7) is 3.95. The molecular formula is C18H22N2O3. The van der Waals surface area contributed by atoms with E-state index in [4.69, 9.17) is 9.47 Å². The number of aryl methyl sites for hydroxylation is 1. The summed E-state index contributed by atoms with van der Waals surface area (Å²) >= 11 is 0. The van der Waals surface area contributed by atoms with E-state index in [1.165, 1.54) is 0 Å². The van der Waals surface area contributed by atoms with Gasteiger partial charge in [-0.05, 0) is 36.1 Å². The molecule has 0 aliphatic carbocycles. The largest absolute Gasteiger partial charge is 0.497 e. The van der Waals surface area contributed by atoms with Gasteiger partial charge in [-0.15, -0.1) is 0 Å². The molecule has 1 unspecified atom stereocenters. The lowest BCUT2D eigenvalue weighted by molar-refractivity contribution is -0.116. The summed E-state index contributed by atoms with van der Waals surface area (Å²) in [6.07, 6.45) is 2.07. The van der Waals surface area contributed by atoms with Crippen molar-refractivity contribution in [3.05, 3.63) is 47.7 Å². The van der Waals surface area contributed by atoms with Crippen molar-refractivity contribution in [2.24, 2.45) is 0 Å². The highest BCUT2D eigenvalue weighted by Gasteiger charge is 2.16. The molecule has 0 aliphatic rings. The Morgan fingerprint density at radius 3 is 2.61 bits per heavy atom. The van der Waals surface area contributed by atoms with Gasteiger partial charge in [0.05, 0.1) is 14.2 Å². The van der Waals surface area contributed by atoms with Gasteiger partial charge in [-0.3, -0.25) is 4.79 Å². The van der Waals surface area contributed by atoms with E-state index < -0.39 is 0 Å². The summed E-state index contributed by atoms with van der Waals surface area (Å²) in [5.74, 6) is 1.95. The highest BCUT2D eigenvalue weighted by Crippen LogP contribution is 2.32. The zero-order chi connectivity index (χ0) is 16.8. The molecule has 1 heterocycles. The maximum absolute atomic E-state index is 12.2. The Morgan fingerprint density at radius 2 is 2.00 bits per heavy atom. The van der Waals surface area contributed by atoms with Crippen molar-refractivity contribution in [2.45, 2.75) is 26.2 Å². The Hall–Kier alpha value is -2.56. The maximum Gasteiger partial charge on any atom is 0.226 e. The Labute approximate surface area is 136 Å². The molecule has 0 aliphatic heterocycles. The second kappa shape index (κ2) is 7.63. The third kappa shape index (κ3) is 4.45. The lowest BCUT2D eigenvalue weighted by Gasteiger charge is -2.16. The number of ether oxygens (including phenoxy) is 2. The van der Waals surface area contributed by atoms with Crippen LogP contribution in [0.25, 0.3) is 0 Å². The first-order valence-electron chi connectivity index (χ1n) is 7.48. The predicted octanol–water partition coefficient (Wildman–Crippen LogP) is 3.54. The number of anilines is 1. The van der Waals surface area contributed by atoms with Crippen molar-refractivity contribution in [2.75, 3.05) is 19.5 Å². The molecule has 5 nitrogen and oxygen atoms in total. The SMILES string of the molecule is COc1ccc(C(C)CC(=O)Nc2ccc(C)cn2)c(OC)c1. The summed E-state index contributed by atoms with van der Waals surface area (Å²) in [5.41, 5.74) is 2.03. The van der Waals surface area contributed by atoms with Crippen LogP contribution in [-0.2, 0) is 4.79 Å². The summed E-state index contributed by atoms with van der Waals surface area (Å²) in [6, 6.07) is 9.34. The summed E-state index contributed by atoms with van der Waals surface area (Å²) in [5, 5.41) is 2.81. The number of amides is 1. The van der Waals surface area contributed by atoms with Crippen molar-refractivity contribution >= 4 is 11.7 Å². The minimum absolute atomic E-state index is 0.0151. The monoisotopic (exact) mass is 314 g/mol. The van der Waals surface area contributed by atoms with E-state index in [9.17, 15) is 4.79 Å². The van der Waals surface area contributed by atoms with Crippen molar-refractivity contribution in [3.63, 3.8) is 0 Å². The van der Waals surface area contributed by atoms with Crippen LogP contribution in [0, 0.1) is 6.92 Å². The number of aromatic nitrogens is 1. The van der Waals surface area contributed by atoms with Crippen LogP contribution in [0.3, 0.4) is 0 Å². The van der Waals surface area contributed by atoms with E-state index in [-0.39, 0.29) is 11.8 Å². The first-order chi connectivity index (χ1) is 11.0. The van der Waals surface area contributed by atoms with Crippen LogP contribution in [0.4, 0.5) is 5.82 Å². The quantitative estimate of drug-likeness (QED) is 0.886. The first kappa shape index (κ1) is 16.8. The Balaban J connectivity index is 2.04. The average Bonchev–Trinajstić information content (AvgIpc) is 2.56. The van der Waals surface area contributed by atoms with E-state index in [2.05, 4.69) is 10.3 Å². The van der Waals surface area contributed by atoms with Gasteiger partial charge in [0.2, 0.25) is 5.91 Å². The molecule has 122 valence electrons. The fourth-order valence-electron chi connectivity index (χ4n) is 2.35. The number of benzene rings is 1. The zero-order valence-electron chi connectivity index (χ0n) is 13.9. The van der Waals surface area contributed by atoms with Gasteiger partial charge in [0.1, 0.15) is 17.3 Å². The molecule has 0 fully saturated rings. The Kier molecular flexibility index (Phi) is 5.57. The van der Waals surface area contributed by atoms with Crippen LogP contribution in [0.15, 0.2) is 36.5 Å². The summed E-state index contributed by atoms with van der Waals surface area (Å²) in [7, 11) is 3.22. The molecule has 2 aromatic rings. The molecule has 23 heavy (non-hydrogen) atoms. The van der Waals surface area contributed by atoms with Crippen molar-refractivity contribution in [1.29, 1.82) is 0 Å². The minimum atomic E-state index is -0.0771. The number of nitrogens with one attached hydrogen (secondary N) is 1. The summed E-state index contributed by atoms with van der Waals surface area (Å²) < 4.78 is 10.6. The van der Waals surface area contributed by atoms with E-state index >= 15 is 0 Å². The second-order valence-corrected chi connectivity index (χ2v) is 5.48. The van der Waals surface area contributed by atoms with Crippen LogP contribution < -0.4 is 14.8 Å². The number of carbonyl (C=O) groups excluding carboxylic acids is 1. The molecule has 1 N–H and O–H groups in total. The highest BCUT2D eigenvalue weighted by atomic mass is 16.5. The van der Waals surface area contributed by atoms with Crippen LogP contribution in [-0.4, -0.2) is 25.1 Å². The highest BCUT2D eigenvalue weighted by molar-refractivity contribution is 5.90. The van der Waals surface area contributed by atoms with Gasteiger partial charge in [0.15, 0.2) is 0 Å². The number of hydrogen-bond donors (Lipinski definition) is 1. The third-order valence-electron chi connectivity index (χ3n) is 3.64. The molecule has 0 spiro atoms. The van der Waals surface area contributed by atoms with Crippen molar-refractivity contribution in [1.82, 2.24) is 4.98 Å². The van der Waals surface area contributed by atoms with Gasteiger partial charge in [0.25, 0.3) is 0 Å². The normalized spacial score (nSPS) is 11.7. The first-order valence-corrected chi connectivity index (χ1v) is 7.48. The standard InChI is InChI=1S/C18H22N2O3/c1-12-5-8-17(19-11-12)20-18(21)9-13(2)15-7-6-14(22-3)10-16(15)23-4/h5-8,10-11,13H,9H2,1-4H3,(H,19,20,21). The molecule has 0 bridgehead atoms. The lowest BCUT2D eigenvalue weighted by Crippen LogP contribution is -2.15. The number of rotatable bonds is 6. The second-order valence-electron chi connectivity index (χ2n) is 5.48. The fourth-order valence-corrected chi connectivity index (χ4v) is 2.35. The van der Waals surface area contributed by atoms with E-state index in [1.807, 2.05) is 38.1 Å². The molecule has 5 heteroatoms. The van der Waals surface area contributed by atoms with Crippen LogP contribution in [0.2, 0.25) is 0 Å². The number of carbonyl (C=O) groups is 1. The van der Waals surface area contributed by atoms with Crippen LogP contribution in [0.1, 0.15) is 30.4 Å². The molecule has 1 amide bonds. The number of pyridine rings is 1. The zero-order valence-corrected chi connectivity index (χ0v) is 13.9. The van der Waals surface area contributed by atoms with Gasteiger partial charge in [0, 0.05) is 18.7 Å². The lowest BCUT2D eigenvalue weighted by atomic mass is 9.96. The summed E-state index contributed by atoms with van der Waals surface area (Å²) in [4.78, 5) is 16.4. The van der Waals surface area contributed by atoms with Crippen LogP contribution >= 0.6 is 0 Å². The van der Waals surface area contributed by atoms with Crippen molar-refractivity contribution < 1.29 is 14.3 Å². The molecule has 2 rings (SSSR count). The van der Waals surface area contributed by atoms with Crippen molar-refractivity contribution in [3.8, 4) is 11.5 Å². The van der Waals surface area contributed by atoms with Gasteiger partial charge in [-0.2, -0.15) is 0 Å². The maximum atomic E-state index is 12.2. The Morgan fingerprint density at radius 1 is 1.22 bits per heavy atom. The molecule has 0 saturated carbocycles. The minimum Gasteiger partial charge on any atom is -0.497 e. The number of hydrogen-bond acceptors (Lipinski definition) is 4. The molecule has 0 radical (unpaired) electrons. The molecule has 1 aromatic carbocycles. The van der Waals surface area contributed by atoms with E-state index in [1.54, 1.807) is 26.5 Å². The number of methoxy groups -OCH3 is 2. The third-order valence-corrected chi connectivity index (χ3v) is 3.64. The average molecular weight is 314 g/mol. The van der Waals surface area contributed by atoms with E-state index in [0.29, 0.717) is 12.2 Å². The molecule has 1 aromatic heterocycles. The van der Waals surface area contributed by atoms with Gasteiger partial charge in [-0.1, -0.05) is 19.1 Å². The molecule has 0 saturated heterocycles. The Bertz CT molecular complexity index is 668. The topological polar surface area (TPSA) is 60.5 Å².